The maximum atomic E-state index is 13.6. The van der Waals surface area contributed by atoms with Crippen molar-refractivity contribution in [2.75, 3.05) is 13.1 Å². The fourth-order valence-corrected chi connectivity index (χ4v) is 4.10. The summed E-state index contributed by atoms with van der Waals surface area (Å²) in [5, 5.41) is 4.49. The van der Waals surface area contributed by atoms with E-state index in [4.69, 9.17) is 0 Å². The second-order valence-electron chi connectivity index (χ2n) is 6.52. The van der Waals surface area contributed by atoms with Crippen LogP contribution in [0.25, 0.3) is 16.8 Å². The largest absolute Gasteiger partial charge is 0.309 e. The average molecular weight is 417 g/mol. The van der Waals surface area contributed by atoms with Crippen molar-refractivity contribution in [2.45, 2.75) is 17.9 Å². The quantitative estimate of drug-likeness (QED) is 0.551. The van der Waals surface area contributed by atoms with E-state index in [0.717, 1.165) is 11.5 Å². The van der Waals surface area contributed by atoms with Crippen molar-refractivity contribution in [1.82, 2.24) is 15.0 Å². The highest BCUT2D eigenvalue weighted by atomic mass is 32.2. The number of benzene rings is 2. The van der Waals surface area contributed by atoms with Crippen molar-refractivity contribution in [2.24, 2.45) is 0 Å². The molecule has 1 heterocycles. The average Bonchev–Trinajstić information content (AvgIpc) is 2.70. The fourth-order valence-electron chi connectivity index (χ4n) is 2.84. The number of rotatable bonds is 8. The Kier molecular flexibility index (Phi) is 6.68. The Morgan fingerprint density at radius 2 is 1.97 bits per heavy atom. The standard InChI is InChI=1S/C21H21F2N3O2S/c1-15(5-6-16-7-8-18(22)13-20(16)23)25-11-12-26-29(27,28)21-4-2-3-17-14-24-10-9-19(17)21/h2-10,13-15,25-26H,11-12H2,1H3. The number of sulfonamides is 1. The molecule has 3 aromatic rings. The lowest BCUT2D eigenvalue weighted by atomic mass is 10.1. The van der Waals surface area contributed by atoms with E-state index < -0.39 is 21.7 Å². The van der Waals surface area contributed by atoms with Gasteiger partial charge in [-0.2, -0.15) is 0 Å². The third-order valence-electron chi connectivity index (χ3n) is 4.34. The van der Waals surface area contributed by atoms with E-state index in [9.17, 15) is 17.2 Å². The zero-order valence-corrected chi connectivity index (χ0v) is 16.6. The predicted octanol–water partition coefficient (Wildman–Crippen LogP) is 3.48. The van der Waals surface area contributed by atoms with Crippen LogP contribution in [-0.4, -0.2) is 32.5 Å². The van der Waals surface area contributed by atoms with Gasteiger partial charge >= 0.3 is 0 Å². The van der Waals surface area contributed by atoms with Crippen LogP contribution in [0, 0.1) is 11.6 Å². The van der Waals surface area contributed by atoms with Gasteiger partial charge < -0.3 is 5.32 Å². The molecule has 0 aliphatic carbocycles. The summed E-state index contributed by atoms with van der Waals surface area (Å²) < 4.78 is 54.4. The van der Waals surface area contributed by atoms with Gasteiger partial charge in [0.2, 0.25) is 10.0 Å². The number of nitrogens with zero attached hydrogens (tertiary/aromatic N) is 1. The first-order chi connectivity index (χ1) is 13.9. The topological polar surface area (TPSA) is 71.1 Å². The van der Waals surface area contributed by atoms with Crippen molar-refractivity contribution in [3.05, 3.63) is 78.1 Å². The molecule has 0 bridgehead atoms. The minimum Gasteiger partial charge on any atom is -0.309 e. The van der Waals surface area contributed by atoms with Gasteiger partial charge in [0.25, 0.3) is 0 Å². The van der Waals surface area contributed by atoms with Crippen LogP contribution >= 0.6 is 0 Å². The number of pyridine rings is 1. The van der Waals surface area contributed by atoms with Crippen LogP contribution in [0.4, 0.5) is 8.78 Å². The van der Waals surface area contributed by atoms with Gasteiger partial charge in [0.1, 0.15) is 11.6 Å². The summed E-state index contributed by atoms with van der Waals surface area (Å²) in [6, 6.07) is 9.97. The number of hydrogen-bond acceptors (Lipinski definition) is 4. The Hall–Kier alpha value is -2.68. The molecule has 0 radical (unpaired) electrons. The zero-order valence-electron chi connectivity index (χ0n) is 15.8. The minimum absolute atomic E-state index is 0.132. The molecule has 2 aromatic carbocycles. The van der Waals surface area contributed by atoms with Gasteiger partial charge in [-0.3, -0.25) is 4.98 Å². The SMILES string of the molecule is CC(C=Cc1ccc(F)cc1F)NCCNS(=O)(=O)c1cccc2cnccc12. The molecule has 3 rings (SSSR count). The Morgan fingerprint density at radius 3 is 2.76 bits per heavy atom. The van der Waals surface area contributed by atoms with E-state index in [1.165, 1.54) is 12.1 Å². The first-order valence-electron chi connectivity index (χ1n) is 9.06. The summed E-state index contributed by atoms with van der Waals surface area (Å²) in [6.45, 7) is 2.42. The van der Waals surface area contributed by atoms with Gasteiger partial charge in [-0.1, -0.05) is 24.3 Å². The molecule has 0 saturated carbocycles. The maximum Gasteiger partial charge on any atom is 0.241 e. The number of fused-ring (bicyclic) bond motifs is 1. The summed E-state index contributed by atoms with van der Waals surface area (Å²) in [4.78, 5) is 4.21. The van der Waals surface area contributed by atoms with Crippen molar-refractivity contribution in [1.29, 1.82) is 0 Å². The first-order valence-corrected chi connectivity index (χ1v) is 10.5. The van der Waals surface area contributed by atoms with Crippen molar-refractivity contribution < 1.29 is 17.2 Å². The van der Waals surface area contributed by atoms with Gasteiger partial charge in [0.15, 0.2) is 0 Å². The van der Waals surface area contributed by atoms with E-state index in [1.54, 1.807) is 48.8 Å². The van der Waals surface area contributed by atoms with E-state index in [2.05, 4.69) is 15.0 Å². The Morgan fingerprint density at radius 1 is 1.14 bits per heavy atom. The highest BCUT2D eigenvalue weighted by Crippen LogP contribution is 2.21. The number of aromatic nitrogens is 1. The van der Waals surface area contributed by atoms with Crippen LogP contribution < -0.4 is 10.0 Å². The summed E-state index contributed by atoms with van der Waals surface area (Å²) in [6.07, 6.45) is 6.46. The summed E-state index contributed by atoms with van der Waals surface area (Å²) >= 11 is 0. The fraction of sp³-hybridized carbons (Fsp3) is 0.190. The Balaban J connectivity index is 1.54. The molecule has 29 heavy (non-hydrogen) atoms. The lowest BCUT2D eigenvalue weighted by molar-refractivity contribution is 0.571. The zero-order chi connectivity index (χ0) is 20.9. The summed E-state index contributed by atoms with van der Waals surface area (Å²) in [5.74, 6) is -1.26. The third kappa shape index (κ3) is 5.44. The van der Waals surface area contributed by atoms with Crippen LogP contribution in [0.1, 0.15) is 12.5 Å². The van der Waals surface area contributed by atoms with Crippen molar-refractivity contribution >= 4 is 26.9 Å². The van der Waals surface area contributed by atoms with Crippen molar-refractivity contribution in [3.63, 3.8) is 0 Å². The lowest BCUT2D eigenvalue weighted by Gasteiger charge is -2.12. The van der Waals surface area contributed by atoms with Gasteiger partial charge in [-0.05, 0) is 31.2 Å². The molecule has 1 aromatic heterocycles. The second-order valence-corrected chi connectivity index (χ2v) is 8.25. The van der Waals surface area contributed by atoms with E-state index in [1.807, 2.05) is 6.92 Å². The minimum atomic E-state index is -3.67. The molecular formula is C21H21F2N3O2S. The molecular weight excluding hydrogens is 396 g/mol. The maximum absolute atomic E-state index is 13.6. The molecule has 0 amide bonds. The molecule has 0 aliphatic heterocycles. The predicted molar refractivity (Wildman–Crippen MR) is 110 cm³/mol. The third-order valence-corrected chi connectivity index (χ3v) is 5.86. The lowest BCUT2D eigenvalue weighted by Crippen LogP contribution is -2.35. The summed E-state index contributed by atoms with van der Waals surface area (Å²) in [5.41, 5.74) is 0.284. The molecule has 2 N–H and O–H groups in total. The van der Waals surface area contributed by atoms with Crippen LogP contribution in [-0.2, 0) is 10.0 Å². The van der Waals surface area contributed by atoms with Gasteiger partial charge in [0, 0.05) is 53.9 Å². The molecule has 0 saturated heterocycles. The van der Waals surface area contributed by atoms with Crippen LogP contribution in [0.5, 0.6) is 0 Å². The molecule has 1 atom stereocenters. The summed E-state index contributed by atoms with van der Waals surface area (Å²) in [7, 11) is -3.67. The molecule has 0 fully saturated rings. The smallest absolute Gasteiger partial charge is 0.241 e. The highest BCUT2D eigenvalue weighted by molar-refractivity contribution is 7.89. The second kappa shape index (κ2) is 9.21. The number of halogens is 2. The molecule has 152 valence electrons. The van der Waals surface area contributed by atoms with Gasteiger partial charge in [-0.15, -0.1) is 0 Å². The molecule has 5 nitrogen and oxygen atoms in total. The first kappa shape index (κ1) is 21.0. The molecule has 0 aliphatic rings. The van der Waals surface area contributed by atoms with E-state index in [-0.39, 0.29) is 23.0 Å². The normalized spacial score (nSPS) is 13.2. The molecule has 1 unspecified atom stereocenters. The van der Waals surface area contributed by atoms with Crippen LogP contribution in [0.3, 0.4) is 0 Å². The van der Waals surface area contributed by atoms with Crippen LogP contribution in [0.15, 0.2) is 65.8 Å². The number of hydrogen-bond donors (Lipinski definition) is 2. The number of nitrogens with one attached hydrogen (secondary N) is 2. The van der Waals surface area contributed by atoms with Crippen molar-refractivity contribution in [3.8, 4) is 0 Å². The molecule has 8 heteroatoms. The van der Waals surface area contributed by atoms with E-state index >= 15 is 0 Å². The van der Waals surface area contributed by atoms with Gasteiger partial charge in [-0.25, -0.2) is 21.9 Å². The molecule has 0 spiro atoms. The Labute approximate surface area is 168 Å². The van der Waals surface area contributed by atoms with E-state index in [0.29, 0.717) is 11.9 Å². The Bertz CT molecular complexity index is 1130. The monoisotopic (exact) mass is 417 g/mol. The van der Waals surface area contributed by atoms with Crippen LogP contribution in [0.2, 0.25) is 0 Å². The van der Waals surface area contributed by atoms with Gasteiger partial charge in [0.05, 0.1) is 4.90 Å². The highest BCUT2D eigenvalue weighted by Gasteiger charge is 2.16.